The number of aliphatic hydroxyl groups is 3. The lowest BCUT2D eigenvalue weighted by Crippen LogP contribution is -2.65. The van der Waals surface area contributed by atoms with E-state index in [0.717, 1.165) is 24.0 Å². The van der Waals surface area contributed by atoms with Crippen LogP contribution in [0.2, 0.25) is 0 Å². The van der Waals surface area contributed by atoms with Gasteiger partial charge in [-0.3, -0.25) is 19.3 Å². The van der Waals surface area contributed by atoms with Crippen LogP contribution < -0.4 is 15.8 Å². The number of hydrogen-bond donors (Lipinski definition) is 6. The molecule has 1 amide bonds. The first-order chi connectivity index (χ1) is 21.9. The summed E-state index contributed by atoms with van der Waals surface area (Å²) in [6.07, 6.45) is 6.21. The molecule has 11 heteroatoms. The molecular weight excluding hydrogens is 590 g/mol. The van der Waals surface area contributed by atoms with Crippen LogP contribution in [0.5, 0.6) is 11.5 Å². The standard InChI is InChI=1S/C35H41N3O8/c1-38(2)29-23-15-18-14-22-20(21-13-17(9-12-25(21)46-3)16-37-19-7-5-4-6-8-19)10-11-24(39)27(22)30(40)26(18)32(42)35(23,45)33(43)28(31(29)41)34(36)44/h9-13,18-19,23,29,37,39-40,43,45H,4-8,14-16H2,1-3H3,(H2,36,44)/t18-,23-,29-,35-/m0/s1. The van der Waals surface area contributed by atoms with Gasteiger partial charge in [0.1, 0.15) is 28.6 Å². The highest BCUT2D eigenvalue weighted by Gasteiger charge is 2.64. The zero-order valence-electron chi connectivity index (χ0n) is 26.3. The van der Waals surface area contributed by atoms with Gasteiger partial charge in [0.15, 0.2) is 11.4 Å². The first kappa shape index (κ1) is 31.8. The fraction of sp³-hybridized carbons (Fsp3) is 0.457. The number of nitrogens with one attached hydrogen (secondary N) is 1. The average Bonchev–Trinajstić information content (AvgIpc) is 3.02. The van der Waals surface area contributed by atoms with Crippen LogP contribution in [0.15, 0.2) is 47.2 Å². The lowest BCUT2D eigenvalue weighted by molar-refractivity contribution is -0.153. The summed E-state index contributed by atoms with van der Waals surface area (Å²) in [5, 5.41) is 49.3. The first-order valence-corrected chi connectivity index (χ1v) is 15.8. The van der Waals surface area contributed by atoms with Crippen molar-refractivity contribution >= 4 is 23.2 Å². The van der Waals surface area contributed by atoms with Crippen molar-refractivity contribution in [2.75, 3.05) is 21.2 Å². The van der Waals surface area contributed by atoms with Crippen LogP contribution in [-0.2, 0) is 27.3 Å². The minimum atomic E-state index is -2.68. The molecule has 4 aliphatic carbocycles. The van der Waals surface area contributed by atoms with E-state index in [2.05, 4.69) is 5.32 Å². The number of nitrogens with two attached hydrogens (primary N) is 1. The van der Waals surface area contributed by atoms with E-state index >= 15 is 0 Å². The molecule has 46 heavy (non-hydrogen) atoms. The maximum atomic E-state index is 14.2. The lowest BCUT2D eigenvalue weighted by Gasteiger charge is -2.50. The molecule has 0 bridgehead atoms. The van der Waals surface area contributed by atoms with Crippen LogP contribution >= 0.6 is 0 Å². The number of primary amides is 1. The predicted octanol–water partition coefficient (Wildman–Crippen LogP) is 3.06. The quantitative estimate of drug-likeness (QED) is 0.249. The van der Waals surface area contributed by atoms with Gasteiger partial charge in [-0.15, -0.1) is 0 Å². The van der Waals surface area contributed by atoms with Crippen molar-refractivity contribution in [1.29, 1.82) is 0 Å². The molecule has 4 aliphatic rings. The molecule has 7 N–H and O–H groups in total. The van der Waals surface area contributed by atoms with Gasteiger partial charge in [-0.1, -0.05) is 31.4 Å². The smallest absolute Gasteiger partial charge is 0.255 e. The molecule has 2 fully saturated rings. The van der Waals surface area contributed by atoms with Crippen molar-refractivity contribution in [2.45, 2.75) is 69.2 Å². The SMILES string of the molecule is COc1ccc(CNC2CCCCC2)cc1-c1ccc(O)c2c1C[C@H]1C[C@H]3[C@H](N(C)C)C(=O)C(C(N)=O)=C(O)[C@@]3(O)C(=O)C1=C2O. The number of ether oxygens (including phenoxy) is 1. The third-order valence-corrected chi connectivity index (χ3v) is 10.4. The van der Waals surface area contributed by atoms with Gasteiger partial charge in [-0.2, -0.15) is 0 Å². The van der Waals surface area contributed by atoms with Crippen LogP contribution in [0.3, 0.4) is 0 Å². The van der Waals surface area contributed by atoms with Gasteiger partial charge < -0.3 is 36.2 Å². The lowest BCUT2D eigenvalue weighted by atomic mass is 9.57. The van der Waals surface area contributed by atoms with E-state index < -0.39 is 58.0 Å². The Morgan fingerprint density at radius 2 is 1.78 bits per heavy atom. The molecule has 244 valence electrons. The minimum Gasteiger partial charge on any atom is -0.508 e. The Labute approximate surface area is 267 Å². The molecule has 2 saturated carbocycles. The number of aromatic hydroxyl groups is 1. The Morgan fingerprint density at radius 3 is 2.43 bits per heavy atom. The highest BCUT2D eigenvalue weighted by atomic mass is 16.5. The number of ketones is 2. The second-order valence-electron chi connectivity index (χ2n) is 13.2. The van der Waals surface area contributed by atoms with E-state index in [1.165, 1.54) is 30.2 Å². The Hall–Kier alpha value is -4.19. The number of amides is 1. The summed E-state index contributed by atoms with van der Waals surface area (Å²) in [4.78, 5) is 41.3. The molecule has 11 nitrogen and oxygen atoms in total. The van der Waals surface area contributed by atoms with Gasteiger partial charge in [-0.25, -0.2) is 0 Å². The average molecular weight is 632 g/mol. The van der Waals surface area contributed by atoms with E-state index in [-0.39, 0.29) is 29.7 Å². The van der Waals surface area contributed by atoms with Crippen molar-refractivity contribution < 1.29 is 39.5 Å². The number of carbonyl (C=O) groups excluding carboxylic acids is 3. The van der Waals surface area contributed by atoms with Gasteiger partial charge >= 0.3 is 0 Å². The third kappa shape index (κ3) is 4.88. The highest BCUT2D eigenvalue weighted by Crippen LogP contribution is 2.54. The largest absolute Gasteiger partial charge is 0.508 e. The van der Waals surface area contributed by atoms with E-state index in [1.54, 1.807) is 27.3 Å². The number of aliphatic hydroxyl groups excluding tert-OH is 2. The number of hydrogen-bond acceptors (Lipinski definition) is 10. The topological polar surface area (TPSA) is 183 Å². The second-order valence-corrected chi connectivity index (χ2v) is 13.2. The number of fused-ring (bicyclic) bond motifs is 3. The number of methoxy groups -OCH3 is 1. The van der Waals surface area contributed by atoms with Gasteiger partial charge in [0.05, 0.1) is 18.7 Å². The molecule has 0 unspecified atom stereocenters. The monoisotopic (exact) mass is 631 g/mol. The molecule has 0 spiro atoms. The summed E-state index contributed by atoms with van der Waals surface area (Å²) in [6, 6.07) is 8.43. The number of rotatable bonds is 7. The van der Waals surface area contributed by atoms with Crippen molar-refractivity contribution in [1.82, 2.24) is 10.2 Å². The van der Waals surface area contributed by atoms with Gasteiger partial charge in [0.25, 0.3) is 5.91 Å². The molecule has 2 aromatic carbocycles. The van der Waals surface area contributed by atoms with E-state index in [1.807, 2.05) is 18.2 Å². The second kappa shape index (κ2) is 11.9. The summed E-state index contributed by atoms with van der Waals surface area (Å²) in [7, 11) is 4.72. The van der Waals surface area contributed by atoms with E-state index in [0.29, 0.717) is 29.5 Å². The Morgan fingerprint density at radius 1 is 1.07 bits per heavy atom. The number of carbonyl (C=O) groups is 3. The molecule has 0 aromatic heterocycles. The summed E-state index contributed by atoms with van der Waals surface area (Å²) in [6.45, 7) is 0.666. The summed E-state index contributed by atoms with van der Waals surface area (Å²) < 4.78 is 5.74. The molecule has 0 aliphatic heterocycles. The summed E-state index contributed by atoms with van der Waals surface area (Å²) in [5.41, 5.74) is 4.84. The van der Waals surface area contributed by atoms with Gasteiger partial charge in [0, 0.05) is 29.6 Å². The number of phenolic OH excluding ortho intramolecular Hbond substituents is 1. The van der Waals surface area contributed by atoms with Gasteiger partial charge in [-0.05, 0) is 80.6 Å². The van der Waals surface area contributed by atoms with E-state index in [4.69, 9.17) is 10.5 Å². The number of phenols is 1. The molecule has 6 rings (SSSR count). The highest BCUT2D eigenvalue weighted by molar-refractivity contribution is 6.24. The van der Waals surface area contributed by atoms with Crippen LogP contribution in [0.1, 0.15) is 55.2 Å². The maximum Gasteiger partial charge on any atom is 0.255 e. The molecule has 0 radical (unpaired) electrons. The van der Waals surface area contributed by atoms with Crippen molar-refractivity contribution in [3.05, 3.63) is 63.9 Å². The predicted molar refractivity (Wildman–Crippen MR) is 170 cm³/mol. The molecule has 0 heterocycles. The molecule has 0 saturated heterocycles. The van der Waals surface area contributed by atoms with Crippen molar-refractivity contribution in [2.24, 2.45) is 17.6 Å². The van der Waals surface area contributed by atoms with Gasteiger partial charge in [0.2, 0.25) is 5.78 Å². The maximum absolute atomic E-state index is 14.2. The first-order valence-electron chi connectivity index (χ1n) is 15.8. The molecule has 4 atom stereocenters. The van der Waals surface area contributed by atoms with Crippen LogP contribution in [0, 0.1) is 11.8 Å². The fourth-order valence-electron chi connectivity index (χ4n) is 8.14. The number of likely N-dealkylation sites (N-methyl/N-ethyl adjacent to an activating group) is 1. The van der Waals surface area contributed by atoms with Crippen molar-refractivity contribution in [3.63, 3.8) is 0 Å². The molecular formula is C35H41N3O8. The van der Waals surface area contributed by atoms with E-state index in [9.17, 15) is 34.8 Å². The number of nitrogens with zero attached hydrogens (tertiary/aromatic N) is 1. The number of benzene rings is 2. The fourth-order valence-corrected chi connectivity index (χ4v) is 8.14. The zero-order valence-corrected chi connectivity index (χ0v) is 26.3. The van der Waals surface area contributed by atoms with Crippen LogP contribution in [0.4, 0.5) is 0 Å². The third-order valence-electron chi connectivity index (χ3n) is 10.4. The zero-order chi connectivity index (χ0) is 33.1. The normalized spacial score (nSPS) is 26.6. The Bertz CT molecular complexity index is 1690. The summed E-state index contributed by atoms with van der Waals surface area (Å²) in [5.74, 6) is -6.21. The van der Waals surface area contributed by atoms with Crippen LogP contribution in [0.25, 0.3) is 16.9 Å². The Balaban J connectivity index is 1.46. The number of Topliss-reactive ketones (excluding diaryl/α,β-unsaturated/α-hetero) is 2. The van der Waals surface area contributed by atoms with Crippen molar-refractivity contribution in [3.8, 4) is 22.6 Å². The molecule has 2 aromatic rings. The summed E-state index contributed by atoms with van der Waals surface area (Å²) >= 11 is 0. The van der Waals surface area contributed by atoms with Crippen LogP contribution in [-0.4, -0.2) is 81.7 Å². The Kier molecular flexibility index (Phi) is 8.20. The minimum absolute atomic E-state index is 0.0172.